The molecule has 4 heteroatoms. The van der Waals surface area contributed by atoms with Crippen molar-refractivity contribution in [2.24, 2.45) is 13.0 Å². The summed E-state index contributed by atoms with van der Waals surface area (Å²) in [6.45, 7) is 9.93. The monoisotopic (exact) mass is 315 g/mol. The van der Waals surface area contributed by atoms with Crippen LogP contribution in [0.3, 0.4) is 0 Å². The summed E-state index contributed by atoms with van der Waals surface area (Å²) in [5.74, 6) is 0.679. The first-order chi connectivity index (χ1) is 8.51. The van der Waals surface area contributed by atoms with Crippen LogP contribution in [0.5, 0.6) is 0 Å². The third-order valence-electron chi connectivity index (χ3n) is 3.66. The van der Waals surface area contributed by atoms with Crippen LogP contribution in [-0.4, -0.2) is 22.4 Å². The van der Waals surface area contributed by atoms with Gasteiger partial charge in [0.05, 0.1) is 15.9 Å². The maximum atomic E-state index is 4.47. The van der Waals surface area contributed by atoms with Crippen LogP contribution in [0.4, 0.5) is 0 Å². The molecular weight excluding hydrogens is 290 g/mol. The van der Waals surface area contributed by atoms with E-state index in [0.29, 0.717) is 12.0 Å². The number of hydrogen-bond acceptors (Lipinski definition) is 2. The molecule has 18 heavy (non-hydrogen) atoms. The minimum absolute atomic E-state index is 0.529. The van der Waals surface area contributed by atoms with Gasteiger partial charge in [0.2, 0.25) is 0 Å². The van der Waals surface area contributed by atoms with Crippen LogP contribution in [0.2, 0.25) is 0 Å². The van der Waals surface area contributed by atoms with E-state index in [4.69, 9.17) is 0 Å². The van der Waals surface area contributed by atoms with Crippen molar-refractivity contribution in [3.63, 3.8) is 0 Å². The molecule has 0 saturated heterocycles. The van der Waals surface area contributed by atoms with Crippen molar-refractivity contribution in [1.29, 1.82) is 0 Å². The Morgan fingerprint density at radius 2 is 2.06 bits per heavy atom. The van der Waals surface area contributed by atoms with Gasteiger partial charge in [-0.1, -0.05) is 27.2 Å². The standard InChI is InChI=1S/C14H26BrN3/c1-6-8-16-12(10(3)7-2)9-13-14(15)11(4)17-18(13)5/h10,12,16H,6-9H2,1-5H3. The molecular formula is C14H26BrN3. The van der Waals surface area contributed by atoms with Crippen LogP contribution in [0.1, 0.15) is 45.0 Å². The van der Waals surface area contributed by atoms with Gasteiger partial charge in [0.15, 0.2) is 0 Å². The van der Waals surface area contributed by atoms with Crippen LogP contribution in [0.15, 0.2) is 4.47 Å². The van der Waals surface area contributed by atoms with E-state index >= 15 is 0 Å². The minimum atomic E-state index is 0.529. The summed E-state index contributed by atoms with van der Waals surface area (Å²) >= 11 is 3.66. The quantitative estimate of drug-likeness (QED) is 0.835. The highest BCUT2D eigenvalue weighted by Gasteiger charge is 2.20. The Morgan fingerprint density at radius 1 is 1.39 bits per heavy atom. The lowest BCUT2D eigenvalue weighted by atomic mass is 9.94. The predicted molar refractivity (Wildman–Crippen MR) is 80.9 cm³/mol. The number of aryl methyl sites for hydroxylation is 2. The summed E-state index contributed by atoms with van der Waals surface area (Å²) < 4.78 is 3.17. The molecule has 0 amide bonds. The fourth-order valence-corrected chi connectivity index (χ4v) is 2.70. The molecule has 1 heterocycles. The molecule has 0 aliphatic carbocycles. The Kier molecular flexibility index (Phi) is 6.36. The van der Waals surface area contributed by atoms with Crippen molar-refractivity contribution < 1.29 is 0 Å². The van der Waals surface area contributed by atoms with Gasteiger partial charge < -0.3 is 5.32 Å². The zero-order chi connectivity index (χ0) is 13.7. The fraction of sp³-hybridized carbons (Fsp3) is 0.786. The molecule has 1 aromatic heterocycles. The molecule has 0 aromatic carbocycles. The Morgan fingerprint density at radius 3 is 2.50 bits per heavy atom. The first-order valence-electron chi connectivity index (χ1n) is 6.92. The summed E-state index contributed by atoms with van der Waals surface area (Å²) in [4.78, 5) is 0. The average Bonchev–Trinajstić information content (AvgIpc) is 2.59. The van der Waals surface area contributed by atoms with Gasteiger partial charge in [0, 0.05) is 19.5 Å². The van der Waals surface area contributed by atoms with Crippen LogP contribution in [0.25, 0.3) is 0 Å². The van der Waals surface area contributed by atoms with Gasteiger partial charge >= 0.3 is 0 Å². The molecule has 2 atom stereocenters. The molecule has 0 spiro atoms. The Bertz CT molecular complexity index is 373. The molecule has 0 saturated carbocycles. The Hall–Kier alpha value is -0.350. The smallest absolute Gasteiger partial charge is 0.0738 e. The first kappa shape index (κ1) is 15.7. The topological polar surface area (TPSA) is 29.9 Å². The van der Waals surface area contributed by atoms with E-state index < -0.39 is 0 Å². The van der Waals surface area contributed by atoms with Crippen molar-refractivity contribution in [1.82, 2.24) is 15.1 Å². The van der Waals surface area contributed by atoms with Gasteiger partial charge in [-0.3, -0.25) is 4.68 Å². The molecule has 1 aromatic rings. The lowest BCUT2D eigenvalue weighted by Crippen LogP contribution is -2.37. The predicted octanol–water partition coefficient (Wildman–Crippen LogP) is 3.45. The van der Waals surface area contributed by atoms with Crippen LogP contribution >= 0.6 is 15.9 Å². The second-order valence-electron chi connectivity index (χ2n) is 5.12. The number of nitrogens with zero attached hydrogens (tertiary/aromatic N) is 2. The largest absolute Gasteiger partial charge is 0.313 e. The lowest BCUT2D eigenvalue weighted by molar-refractivity contribution is 0.359. The maximum Gasteiger partial charge on any atom is 0.0738 e. The Balaban J connectivity index is 2.81. The zero-order valence-corrected chi connectivity index (χ0v) is 13.8. The average molecular weight is 316 g/mol. The second kappa shape index (κ2) is 7.29. The second-order valence-corrected chi connectivity index (χ2v) is 5.91. The highest BCUT2D eigenvalue weighted by Crippen LogP contribution is 2.23. The van der Waals surface area contributed by atoms with Crippen LogP contribution in [-0.2, 0) is 13.5 Å². The fourth-order valence-electron chi connectivity index (χ4n) is 2.20. The van der Waals surface area contributed by atoms with E-state index in [2.05, 4.69) is 47.1 Å². The maximum absolute atomic E-state index is 4.47. The molecule has 104 valence electrons. The highest BCUT2D eigenvalue weighted by molar-refractivity contribution is 9.10. The van der Waals surface area contributed by atoms with Gasteiger partial charge in [-0.25, -0.2) is 0 Å². The van der Waals surface area contributed by atoms with E-state index in [1.807, 2.05) is 18.7 Å². The molecule has 1 rings (SSSR count). The van der Waals surface area contributed by atoms with Gasteiger partial charge in [0.1, 0.15) is 0 Å². The third kappa shape index (κ3) is 3.82. The SMILES string of the molecule is CCCNC(Cc1c(Br)c(C)nn1C)C(C)CC. The molecule has 0 bridgehead atoms. The molecule has 0 fully saturated rings. The summed E-state index contributed by atoms with van der Waals surface area (Å²) in [6, 6.07) is 0.529. The van der Waals surface area contributed by atoms with Crippen molar-refractivity contribution in [2.75, 3.05) is 6.54 Å². The van der Waals surface area contributed by atoms with Crippen molar-refractivity contribution >= 4 is 15.9 Å². The van der Waals surface area contributed by atoms with E-state index in [0.717, 1.165) is 23.1 Å². The number of nitrogens with one attached hydrogen (secondary N) is 1. The van der Waals surface area contributed by atoms with Crippen LogP contribution < -0.4 is 5.32 Å². The summed E-state index contributed by atoms with van der Waals surface area (Å²) in [5.41, 5.74) is 2.37. The first-order valence-corrected chi connectivity index (χ1v) is 7.71. The summed E-state index contributed by atoms with van der Waals surface area (Å²) in [5, 5.41) is 8.14. The minimum Gasteiger partial charge on any atom is -0.313 e. The van der Waals surface area contributed by atoms with Crippen molar-refractivity contribution in [3.05, 3.63) is 15.9 Å². The number of aromatic nitrogens is 2. The normalized spacial score (nSPS) is 14.8. The van der Waals surface area contributed by atoms with E-state index in [1.54, 1.807) is 0 Å². The zero-order valence-electron chi connectivity index (χ0n) is 12.3. The van der Waals surface area contributed by atoms with E-state index in [-0.39, 0.29) is 0 Å². The van der Waals surface area contributed by atoms with E-state index in [9.17, 15) is 0 Å². The molecule has 0 aliphatic heterocycles. The van der Waals surface area contributed by atoms with Gasteiger partial charge in [-0.05, 0) is 41.7 Å². The number of halogens is 1. The Labute approximate surface area is 119 Å². The van der Waals surface area contributed by atoms with Gasteiger partial charge in [0.25, 0.3) is 0 Å². The lowest BCUT2D eigenvalue weighted by Gasteiger charge is -2.24. The van der Waals surface area contributed by atoms with Gasteiger partial charge in [-0.15, -0.1) is 0 Å². The van der Waals surface area contributed by atoms with Crippen LogP contribution in [0, 0.1) is 12.8 Å². The highest BCUT2D eigenvalue weighted by atomic mass is 79.9. The van der Waals surface area contributed by atoms with Crippen molar-refractivity contribution in [2.45, 2.75) is 53.0 Å². The third-order valence-corrected chi connectivity index (χ3v) is 4.69. The summed E-state index contributed by atoms with van der Waals surface area (Å²) in [6.07, 6.45) is 3.42. The molecule has 2 unspecified atom stereocenters. The molecule has 1 N–H and O–H groups in total. The number of hydrogen-bond donors (Lipinski definition) is 1. The number of rotatable bonds is 7. The van der Waals surface area contributed by atoms with Gasteiger partial charge in [-0.2, -0.15) is 5.10 Å². The summed E-state index contributed by atoms with van der Waals surface area (Å²) in [7, 11) is 2.03. The molecule has 3 nitrogen and oxygen atoms in total. The van der Waals surface area contributed by atoms with E-state index in [1.165, 1.54) is 18.5 Å². The molecule has 0 aliphatic rings. The molecule has 0 radical (unpaired) electrons. The van der Waals surface area contributed by atoms with Crippen molar-refractivity contribution in [3.8, 4) is 0 Å².